The van der Waals surface area contributed by atoms with Gasteiger partial charge < -0.3 is 10.2 Å². The van der Waals surface area contributed by atoms with E-state index in [2.05, 4.69) is 37.4 Å². The highest BCUT2D eigenvalue weighted by molar-refractivity contribution is 14.0. The number of nitrogens with one attached hydrogen (secondary N) is 1. The Kier molecular flexibility index (Phi) is 7.55. The Balaban J connectivity index is 0.00000192. The first-order valence-electron chi connectivity index (χ1n) is 8.43. The van der Waals surface area contributed by atoms with Crippen molar-refractivity contribution in [2.24, 2.45) is 4.99 Å². The topological polar surface area (TPSA) is 43.8 Å². The summed E-state index contributed by atoms with van der Waals surface area (Å²) in [4.78, 5) is 14.1. The zero-order chi connectivity index (χ0) is 15.4. The second-order valence-corrected chi connectivity index (χ2v) is 7.06. The smallest absolute Gasteiger partial charge is 0.194 e. The minimum atomic E-state index is 0. The number of likely N-dealkylation sites (tertiary alicyclic amines) is 2. The zero-order valence-electron chi connectivity index (χ0n) is 14.1. The van der Waals surface area contributed by atoms with E-state index in [9.17, 15) is 0 Å². The molecule has 2 fully saturated rings. The summed E-state index contributed by atoms with van der Waals surface area (Å²) in [6, 6.07) is 0.715. The van der Waals surface area contributed by atoms with Crippen molar-refractivity contribution < 1.29 is 0 Å². The van der Waals surface area contributed by atoms with Gasteiger partial charge in [-0.25, -0.2) is 4.98 Å². The quantitative estimate of drug-likeness (QED) is 0.436. The number of hydrogen-bond donors (Lipinski definition) is 1. The van der Waals surface area contributed by atoms with Gasteiger partial charge in [-0.3, -0.25) is 9.89 Å². The van der Waals surface area contributed by atoms with Gasteiger partial charge in [-0.15, -0.1) is 35.3 Å². The molecule has 0 saturated carbocycles. The molecule has 3 heterocycles. The first-order chi connectivity index (χ1) is 10.8. The van der Waals surface area contributed by atoms with Crippen LogP contribution >= 0.6 is 35.3 Å². The van der Waals surface area contributed by atoms with Gasteiger partial charge in [0, 0.05) is 31.6 Å². The number of thiazole rings is 1. The van der Waals surface area contributed by atoms with E-state index in [1.807, 2.05) is 7.05 Å². The molecule has 0 aromatic carbocycles. The van der Waals surface area contributed by atoms with Crippen LogP contribution in [0.2, 0.25) is 0 Å². The second kappa shape index (κ2) is 9.17. The third-order valence-corrected chi connectivity index (χ3v) is 5.70. The van der Waals surface area contributed by atoms with Gasteiger partial charge in [-0.1, -0.05) is 6.92 Å². The van der Waals surface area contributed by atoms with Crippen molar-refractivity contribution in [3.8, 4) is 0 Å². The molecule has 1 aromatic rings. The molecule has 2 saturated heterocycles. The maximum atomic E-state index is 4.61. The van der Waals surface area contributed by atoms with Gasteiger partial charge in [-0.05, 0) is 38.8 Å². The predicted molar refractivity (Wildman–Crippen MR) is 108 cm³/mol. The summed E-state index contributed by atoms with van der Waals surface area (Å²) < 4.78 is 0. The van der Waals surface area contributed by atoms with Crippen molar-refractivity contribution in [2.45, 2.75) is 45.2 Å². The normalized spacial score (nSPS) is 22.4. The predicted octanol–water partition coefficient (Wildman–Crippen LogP) is 2.57. The van der Waals surface area contributed by atoms with Crippen LogP contribution in [0.1, 0.15) is 36.9 Å². The van der Waals surface area contributed by atoms with E-state index in [1.54, 1.807) is 11.3 Å². The lowest BCUT2D eigenvalue weighted by Gasteiger charge is -2.25. The van der Waals surface area contributed by atoms with E-state index in [1.165, 1.54) is 37.4 Å². The fraction of sp³-hybridized carbons (Fsp3) is 0.750. The maximum absolute atomic E-state index is 4.61. The van der Waals surface area contributed by atoms with E-state index >= 15 is 0 Å². The highest BCUT2D eigenvalue weighted by atomic mass is 127. The molecule has 7 heteroatoms. The Labute approximate surface area is 160 Å². The number of guanidine groups is 1. The van der Waals surface area contributed by atoms with Crippen LogP contribution in [0.3, 0.4) is 0 Å². The lowest BCUT2D eigenvalue weighted by atomic mass is 10.2. The third-order valence-electron chi connectivity index (χ3n) is 4.66. The van der Waals surface area contributed by atoms with Crippen LogP contribution in [0, 0.1) is 0 Å². The number of hydrogen-bond acceptors (Lipinski definition) is 4. The Hall–Kier alpha value is -0.410. The summed E-state index contributed by atoms with van der Waals surface area (Å²) in [5, 5.41) is 6.84. The number of halogens is 1. The van der Waals surface area contributed by atoms with Gasteiger partial charge in [0.25, 0.3) is 0 Å². The minimum Gasteiger partial charge on any atom is -0.351 e. The third kappa shape index (κ3) is 4.79. The van der Waals surface area contributed by atoms with Crippen molar-refractivity contribution >= 4 is 41.3 Å². The van der Waals surface area contributed by atoms with Crippen LogP contribution < -0.4 is 5.32 Å². The molecule has 0 aliphatic carbocycles. The molecule has 0 bridgehead atoms. The summed E-state index contributed by atoms with van der Waals surface area (Å²) in [7, 11) is 1.88. The summed E-state index contributed by atoms with van der Waals surface area (Å²) in [6.45, 7) is 7.70. The maximum Gasteiger partial charge on any atom is 0.194 e. The average molecular weight is 449 g/mol. The molecular formula is C16H28IN5S. The van der Waals surface area contributed by atoms with Crippen molar-refractivity contribution in [1.29, 1.82) is 0 Å². The Morgan fingerprint density at radius 1 is 1.39 bits per heavy atom. The Morgan fingerprint density at radius 3 is 2.83 bits per heavy atom. The fourth-order valence-electron chi connectivity index (χ4n) is 3.43. The number of rotatable bonds is 4. The molecule has 1 aromatic heterocycles. The van der Waals surface area contributed by atoms with Crippen LogP contribution in [0.5, 0.6) is 0 Å². The van der Waals surface area contributed by atoms with Gasteiger partial charge in [0.05, 0.1) is 17.2 Å². The molecule has 1 N–H and O–H groups in total. The Morgan fingerprint density at radius 2 is 2.17 bits per heavy atom. The molecule has 23 heavy (non-hydrogen) atoms. The van der Waals surface area contributed by atoms with Crippen LogP contribution in [-0.2, 0) is 13.0 Å². The van der Waals surface area contributed by atoms with E-state index in [0.717, 1.165) is 37.7 Å². The van der Waals surface area contributed by atoms with Gasteiger partial charge in [0.1, 0.15) is 0 Å². The van der Waals surface area contributed by atoms with Crippen molar-refractivity contribution in [2.75, 3.05) is 33.2 Å². The number of aryl methyl sites for hydroxylation is 1. The van der Waals surface area contributed by atoms with Gasteiger partial charge >= 0.3 is 0 Å². The molecule has 1 atom stereocenters. The minimum absolute atomic E-state index is 0. The van der Waals surface area contributed by atoms with Crippen LogP contribution in [-0.4, -0.2) is 60.0 Å². The average Bonchev–Trinajstić information content (AvgIpc) is 3.28. The summed E-state index contributed by atoms with van der Waals surface area (Å²) in [5.41, 5.74) is 1.12. The number of aromatic nitrogens is 1. The largest absolute Gasteiger partial charge is 0.351 e. The highest BCUT2D eigenvalue weighted by Crippen LogP contribution is 2.20. The second-order valence-electron chi connectivity index (χ2n) is 6.12. The number of nitrogens with zero attached hydrogens (tertiary/aromatic N) is 4. The van der Waals surface area contributed by atoms with Crippen molar-refractivity contribution in [3.05, 3.63) is 16.1 Å². The molecule has 5 nitrogen and oxygen atoms in total. The first-order valence-corrected chi connectivity index (χ1v) is 9.31. The summed E-state index contributed by atoms with van der Waals surface area (Å²) in [6.07, 6.45) is 5.01. The van der Waals surface area contributed by atoms with Crippen LogP contribution in [0.15, 0.2) is 10.4 Å². The molecule has 0 radical (unpaired) electrons. The standard InChI is InChI=1S/C16H27N5S.HI/c1-3-15-19-13(12-22-15)10-18-16(17-2)21-9-6-14(11-21)20-7-4-5-8-20;/h12,14H,3-11H2,1-2H3,(H,17,18);1H. The molecule has 2 aliphatic heterocycles. The molecule has 2 aliphatic rings. The molecule has 3 rings (SSSR count). The van der Waals surface area contributed by atoms with Crippen molar-refractivity contribution in [3.63, 3.8) is 0 Å². The summed E-state index contributed by atoms with van der Waals surface area (Å²) >= 11 is 1.75. The lowest BCUT2D eigenvalue weighted by Crippen LogP contribution is -2.42. The van der Waals surface area contributed by atoms with E-state index < -0.39 is 0 Å². The monoisotopic (exact) mass is 449 g/mol. The molecular weight excluding hydrogens is 421 g/mol. The molecule has 1 unspecified atom stereocenters. The van der Waals surface area contributed by atoms with Crippen LogP contribution in [0.4, 0.5) is 0 Å². The zero-order valence-corrected chi connectivity index (χ0v) is 17.3. The number of aliphatic imine (C=N–C) groups is 1. The van der Waals surface area contributed by atoms with Crippen LogP contribution in [0.25, 0.3) is 0 Å². The highest BCUT2D eigenvalue weighted by Gasteiger charge is 2.30. The van der Waals surface area contributed by atoms with E-state index in [0.29, 0.717) is 6.04 Å². The molecule has 0 amide bonds. The van der Waals surface area contributed by atoms with Gasteiger partial charge in [-0.2, -0.15) is 0 Å². The lowest BCUT2D eigenvalue weighted by molar-refractivity contribution is 0.249. The van der Waals surface area contributed by atoms with Gasteiger partial charge in [0.2, 0.25) is 0 Å². The first kappa shape index (κ1) is 18.9. The molecule has 130 valence electrons. The van der Waals surface area contributed by atoms with E-state index in [4.69, 9.17) is 0 Å². The van der Waals surface area contributed by atoms with E-state index in [-0.39, 0.29) is 24.0 Å². The van der Waals surface area contributed by atoms with Gasteiger partial charge in [0.15, 0.2) is 5.96 Å². The fourth-order valence-corrected chi connectivity index (χ4v) is 4.18. The van der Waals surface area contributed by atoms with Crippen molar-refractivity contribution in [1.82, 2.24) is 20.1 Å². The molecule has 0 spiro atoms. The summed E-state index contributed by atoms with van der Waals surface area (Å²) in [5.74, 6) is 1.02. The Bertz CT molecular complexity index is 512. The SMILES string of the molecule is CCc1nc(CNC(=NC)N2CCC(N3CCCC3)C2)cs1.I.